The summed E-state index contributed by atoms with van der Waals surface area (Å²) in [5, 5.41) is 6.52. The van der Waals surface area contributed by atoms with Crippen LogP contribution in [0.1, 0.15) is 45.1 Å². The van der Waals surface area contributed by atoms with E-state index in [-0.39, 0.29) is 30.2 Å². The fourth-order valence-electron chi connectivity index (χ4n) is 3.11. The molecule has 0 bridgehead atoms. The zero-order valence-corrected chi connectivity index (χ0v) is 15.5. The summed E-state index contributed by atoms with van der Waals surface area (Å²) in [4.78, 5) is 12.3. The van der Waals surface area contributed by atoms with Crippen LogP contribution in [0.25, 0.3) is 0 Å². The average molecular weight is 357 g/mol. The molecule has 1 aliphatic rings. The maximum absolute atomic E-state index is 13.0. The van der Waals surface area contributed by atoms with Gasteiger partial charge in [0.05, 0.1) is 0 Å². The first-order valence-electron chi connectivity index (χ1n) is 8.79. The van der Waals surface area contributed by atoms with Crippen LogP contribution in [0.4, 0.5) is 4.39 Å². The quantitative estimate of drug-likeness (QED) is 0.782. The lowest BCUT2D eigenvalue weighted by Crippen LogP contribution is -2.40. The Bertz CT molecular complexity index is 487. The number of rotatable bonds is 7. The Balaban J connectivity index is 0.00000288. The molecule has 1 fully saturated rings. The number of hydrogen-bond acceptors (Lipinski definition) is 2. The van der Waals surface area contributed by atoms with Gasteiger partial charge in [0, 0.05) is 12.5 Å². The van der Waals surface area contributed by atoms with Gasteiger partial charge in [-0.25, -0.2) is 4.39 Å². The van der Waals surface area contributed by atoms with E-state index in [4.69, 9.17) is 0 Å². The maximum atomic E-state index is 13.0. The van der Waals surface area contributed by atoms with Gasteiger partial charge in [-0.3, -0.25) is 4.79 Å². The van der Waals surface area contributed by atoms with Gasteiger partial charge in [-0.05, 0) is 68.3 Å². The van der Waals surface area contributed by atoms with Crippen molar-refractivity contribution in [1.82, 2.24) is 10.6 Å². The molecule has 1 aromatic rings. The van der Waals surface area contributed by atoms with Gasteiger partial charge in [-0.2, -0.15) is 0 Å². The van der Waals surface area contributed by atoms with Crippen molar-refractivity contribution in [3.63, 3.8) is 0 Å². The molecule has 1 unspecified atom stereocenters. The summed E-state index contributed by atoms with van der Waals surface area (Å²) in [5.74, 6) is 0.949. The van der Waals surface area contributed by atoms with Gasteiger partial charge in [-0.1, -0.05) is 26.0 Å². The van der Waals surface area contributed by atoms with Gasteiger partial charge in [0.2, 0.25) is 5.91 Å². The van der Waals surface area contributed by atoms with Crippen LogP contribution in [0.15, 0.2) is 24.3 Å². The van der Waals surface area contributed by atoms with Gasteiger partial charge >= 0.3 is 0 Å². The molecule has 1 amide bonds. The molecule has 5 heteroatoms. The van der Waals surface area contributed by atoms with E-state index in [1.165, 1.54) is 25.0 Å². The number of carbonyl (C=O) groups excluding carboxylic acids is 1. The van der Waals surface area contributed by atoms with Crippen molar-refractivity contribution in [2.45, 2.75) is 52.0 Å². The van der Waals surface area contributed by atoms with E-state index in [0.717, 1.165) is 31.5 Å². The lowest BCUT2D eigenvalue weighted by atomic mass is 9.92. The highest BCUT2D eigenvalue weighted by Gasteiger charge is 2.19. The number of halogens is 2. The monoisotopic (exact) mass is 356 g/mol. The number of amides is 1. The molecule has 136 valence electrons. The molecule has 1 aliphatic heterocycles. The molecule has 2 N–H and O–H groups in total. The third-order valence-corrected chi connectivity index (χ3v) is 4.76. The highest BCUT2D eigenvalue weighted by atomic mass is 35.5. The third-order valence-electron chi connectivity index (χ3n) is 4.76. The summed E-state index contributed by atoms with van der Waals surface area (Å²) < 4.78 is 13.0. The first-order valence-corrected chi connectivity index (χ1v) is 8.79. The number of benzene rings is 1. The van der Waals surface area contributed by atoms with Crippen molar-refractivity contribution < 1.29 is 9.18 Å². The predicted octanol–water partition coefficient (Wildman–Crippen LogP) is 3.71. The lowest BCUT2D eigenvalue weighted by molar-refractivity contribution is -0.122. The van der Waals surface area contributed by atoms with Crippen LogP contribution < -0.4 is 10.6 Å². The highest BCUT2D eigenvalue weighted by Crippen LogP contribution is 2.18. The summed E-state index contributed by atoms with van der Waals surface area (Å²) in [6.45, 7) is 6.37. The molecule has 0 aromatic heterocycles. The van der Waals surface area contributed by atoms with Crippen LogP contribution in [0.3, 0.4) is 0 Å². The summed E-state index contributed by atoms with van der Waals surface area (Å²) in [6, 6.07) is 6.65. The summed E-state index contributed by atoms with van der Waals surface area (Å²) in [6.07, 6.45) is 4.69. The minimum absolute atomic E-state index is 0. The van der Waals surface area contributed by atoms with E-state index >= 15 is 0 Å². The Morgan fingerprint density at radius 1 is 1.25 bits per heavy atom. The van der Waals surface area contributed by atoms with Crippen molar-refractivity contribution in [3.8, 4) is 0 Å². The SMILES string of the molecule is CC(C)C(Cc1ccc(F)cc1)NC(=O)CCC1CCNCC1.Cl. The normalized spacial score (nSPS) is 16.5. The van der Waals surface area contributed by atoms with E-state index in [9.17, 15) is 9.18 Å². The topological polar surface area (TPSA) is 41.1 Å². The Morgan fingerprint density at radius 2 is 1.88 bits per heavy atom. The summed E-state index contributed by atoms with van der Waals surface area (Å²) in [7, 11) is 0. The van der Waals surface area contributed by atoms with Crippen LogP contribution in [0.5, 0.6) is 0 Å². The molecular formula is C19H30ClFN2O. The highest BCUT2D eigenvalue weighted by molar-refractivity contribution is 5.85. The molecular weight excluding hydrogens is 327 g/mol. The molecule has 2 rings (SSSR count). The predicted molar refractivity (Wildman–Crippen MR) is 98.9 cm³/mol. The molecule has 1 atom stereocenters. The molecule has 1 saturated heterocycles. The van der Waals surface area contributed by atoms with Gasteiger partial charge in [0.25, 0.3) is 0 Å². The van der Waals surface area contributed by atoms with Gasteiger partial charge in [0.1, 0.15) is 5.82 Å². The number of hydrogen-bond donors (Lipinski definition) is 2. The smallest absolute Gasteiger partial charge is 0.220 e. The maximum Gasteiger partial charge on any atom is 0.220 e. The van der Waals surface area contributed by atoms with Crippen molar-refractivity contribution in [2.75, 3.05) is 13.1 Å². The second-order valence-electron chi connectivity index (χ2n) is 6.98. The molecule has 0 radical (unpaired) electrons. The van der Waals surface area contributed by atoms with Crippen LogP contribution in [0.2, 0.25) is 0 Å². The van der Waals surface area contributed by atoms with E-state index in [2.05, 4.69) is 24.5 Å². The van der Waals surface area contributed by atoms with Gasteiger partial charge in [0.15, 0.2) is 0 Å². The minimum Gasteiger partial charge on any atom is -0.353 e. The molecule has 0 aliphatic carbocycles. The van der Waals surface area contributed by atoms with Crippen molar-refractivity contribution in [3.05, 3.63) is 35.6 Å². The Morgan fingerprint density at radius 3 is 2.46 bits per heavy atom. The average Bonchev–Trinajstić information content (AvgIpc) is 2.55. The Hall–Kier alpha value is -1.13. The first kappa shape index (κ1) is 20.9. The standard InChI is InChI=1S/C19H29FN2O.ClH/c1-14(2)18(13-16-3-6-17(20)7-4-16)22-19(23)8-5-15-9-11-21-12-10-15;/h3-4,6-7,14-15,18,21H,5,8-13H2,1-2H3,(H,22,23);1H. The van der Waals surface area contributed by atoms with Gasteiger partial charge < -0.3 is 10.6 Å². The Labute approximate surface area is 151 Å². The Kier molecular flexibility index (Phi) is 9.30. The number of carbonyl (C=O) groups is 1. The lowest BCUT2D eigenvalue weighted by Gasteiger charge is -2.25. The zero-order chi connectivity index (χ0) is 16.7. The molecule has 3 nitrogen and oxygen atoms in total. The molecule has 1 heterocycles. The molecule has 24 heavy (non-hydrogen) atoms. The first-order chi connectivity index (χ1) is 11.0. The second kappa shape index (κ2) is 10.7. The summed E-state index contributed by atoms with van der Waals surface area (Å²) >= 11 is 0. The second-order valence-corrected chi connectivity index (χ2v) is 6.98. The molecule has 0 saturated carbocycles. The van der Waals surface area contributed by atoms with E-state index < -0.39 is 0 Å². The number of piperidine rings is 1. The van der Waals surface area contributed by atoms with Crippen molar-refractivity contribution in [2.24, 2.45) is 11.8 Å². The number of nitrogens with one attached hydrogen (secondary N) is 2. The zero-order valence-electron chi connectivity index (χ0n) is 14.7. The molecule has 0 spiro atoms. The fourth-order valence-corrected chi connectivity index (χ4v) is 3.11. The minimum atomic E-state index is -0.221. The fraction of sp³-hybridized carbons (Fsp3) is 0.632. The van der Waals surface area contributed by atoms with Crippen LogP contribution in [-0.4, -0.2) is 25.0 Å². The van der Waals surface area contributed by atoms with E-state index in [0.29, 0.717) is 18.3 Å². The van der Waals surface area contributed by atoms with Crippen LogP contribution in [0, 0.1) is 17.7 Å². The van der Waals surface area contributed by atoms with Gasteiger partial charge in [-0.15, -0.1) is 12.4 Å². The molecule has 1 aromatic carbocycles. The van der Waals surface area contributed by atoms with Crippen LogP contribution >= 0.6 is 12.4 Å². The van der Waals surface area contributed by atoms with E-state index in [1.807, 2.05) is 0 Å². The third kappa shape index (κ3) is 7.18. The van der Waals surface area contributed by atoms with Crippen molar-refractivity contribution in [1.29, 1.82) is 0 Å². The van der Waals surface area contributed by atoms with Crippen molar-refractivity contribution >= 4 is 18.3 Å². The summed E-state index contributed by atoms with van der Waals surface area (Å²) in [5.41, 5.74) is 1.06. The van der Waals surface area contributed by atoms with Crippen LogP contribution in [-0.2, 0) is 11.2 Å². The van der Waals surface area contributed by atoms with E-state index in [1.54, 1.807) is 12.1 Å². The largest absolute Gasteiger partial charge is 0.353 e.